The average molecular weight is 341 g/mol. The molecule has 0 aliphatic heterocycles. The fraction of sp³-hybridized carbons (Fsp3) is 0.333. The van der Waals surface area contributed by atoms with Crippen molar-refractivity contribution in [2.24, 2.45) is 0 Å². The Hall–Kier alpha value is -2.67. The van der Waals surface area contributed by atoms with E-state index >= 15 is 0 Å². The van der Waals surface area contributed by atoms with Gasteiger partial charge in [-0.2, -0.15) is 9.50 Å². The van der Waals surface area contributed by atoms with Gasteiger partial charge in [-0.15, -0.1) is 5.10 Å². The van der Waals surface area contributed by atoms with Crippen molar-refractivity contribution < 1.29 is 9.50 Å². The molecule has 0 radical (unpaired) electrons. The molecule has 0 amide bonds. The summed E-state index contributed by atoms with van der Waals surface area (Å²) in [6.07, 6.45) is 3.32. The van der Waals surface area contributed by atoms with E-state index in [2.05, 4.69) is 20.7 Å². The summed E-state index contributed by atoms with van der Waals surface area (Å²) in [5.41, 5.74) is 1.31. The van der Waals surface area contributed by atoms with Crippen LogP contribution in [-0.4, -0.2) is 31.9 Å². The van der Waals surface area contributed by atoms with Gasteiger partial charge in [0.2, 0.25) is 5.95 Å². The number of pyridine rings is 1. The largest absolute Gasteiger partial charge is 0.393 e. The molecule has 1 saturated carbocycles. The molecule has 3 N–H and O–H groups in total. The van der Waals surface area contributed by atoms with Crippen LogP contribution in [0.5, 0.6) is 0 Å². The second-order valence-corrected chi connectivity index (χ2v) is 6.40. The summed E-state index contributed by atoms with van der Waals surface area (Å²) in [7, 11) is 0. The van der Waals surface area contributed by atoms with Crippen molar-refractivity contribution in [3.63, 3.8) is 0 Å². The van der Waals surface area contributed by atoms with Gasteiger partial charge in [-0.05, 0) is 56.0 Å². The van der Waals surface area contributed by atoms with Gasteiger partial charge >= 0.3 is 0 Å². The van der Waals surface area contributed by atoms with Crippen molar-refractivity contribution in [2.75, 3.05) is 10.6 Å². The third-order valence-corrected chi connectivity index (χ3v) is 4.49. The molecule has 3 aromatic rings. The van der Waals surface area contributed by atoms with Crippen LogP contribution in [0, 0.1) is 5.82 Å². The first-order valence-corrected chi connectivity index (χ1v) is 8.50. The lowest BCUT2D eigenvalue weighted by molar-refractivity contribution is 0.126. The summed E-state index contributed by atoms with van der Waals surface area (Å²) in [5, 5.41) is 20.6. The van der Waals surface area contributed by atoms with Gasteiger partial charge in [0.25, 0.3) is 0 Å². The highest BCUT2D eigenvalue weighted by Crippen LogP contribution is 2.23. The molecule has 2 heterocycles. The van der Waals surface area contributed by atoms with Crippen LogP contribution < -0.4 is 10.6 Å². The summed E-state index contributed by atoms with van der Waals surface area (Å²) >= 11 is 0. The highest BCUT2D eigenvalue weighted by Gasteiger charge is 2.20. The van der Waals surface area contributed by atoms with Gasteiger partial charge in [-0.3, -0.25) is 0 Å². The maximum Gasteiger partial charge on any atom is 0.247 e. The van der Waals surface area contributed by atoms with Gasteiger partial charge in [0, 0.05) is 11.7 Å². The van der Waals surface area contributed by atoms with Crippen LogP contribution in [0.3, 0.4) is 0 Å². The topological polar surface area (TPSA) is 74.5 Å². The lowest BCUT2D eigenvalue weighted by Gasteiger charge is -2.26. The zero-order chi connectivity index (χ0) is 17.2. The van der Waals surface area contributed by atoms with Crippen LogP contribution in [0.1, 0.15) is 25.7 Å². The Kier molecular flexibility index (Phi) is 4.23. The zero-order valence-corrected chi connectivity index (χ0v) is 13.7. The Morgan fingerprint density at radius 2 is 1.88 bits per heavy atom. The first-order valence-electron chi connectivity index (χ1n) is 8.50. The summed E-state index contributed by atoms with van der Waals surface area (Å²) in [6.45, 7) is 0. The number of aromatic nitrogens is 3. The van der Waals surface area contributed by atoms with Crippen LogP contribution in [0.25, 0.3) is 5.65 Å². The molecule has 7 heteroatoms. The minimum Gasteiger partial charge on any atom is -0.393 e. The second kappa shape index (κ2) is 6.68. The molecule has 130 valence electrons. The number of benzene rings is 1. The lowest BCUT2D eigenvalue weighted by atomic mass is 9.93. The number of fused-ring (bicyclic) bond motifs is 1. The van der Waals surface area contributed by atoms with Gasteiger partial charge in [-0.1, -0.05) is 12.1 Å². The second-order valence-electron chi connectivity index (χ2n) is 6.40. The SMILES string of the molecule is OC1CCC(Nc2cccc3nc(Nc4cccc(F)c4)nn23)CC1. The molecule has 0 spiro atoms. The predicted octanol–water partition coefficient (Wildman–Crippen LogP) is 3.33. The average Bonchev–Trinajstić information content (AvgIpc) is 3.00. The molecular formula is C18H20FN5O. The first-order chi connectivity index (χ1) is 12.2. The van der Waals surface area contributed by atoms with Crippen molar-refractivity contribution in [3.05, 3.63) is 48.3 Å². The molecule has 0 atom stereocenters. The van der Waals surface area contributed by atoms with E-state index in [1.807, 2.05) is 18.2 Å². The molecule has 6 nitrogen and oxygen atoms in total. The van der Waals surface area contributed by atoms with E-state index < -0.39 is 0 Å². The van der Waals surface area contributed by atoms with E-state index in [0.29, 0.717) is 23.3 Å². The molecule has 2 aromatic heterocycles. The number of nitrogens with zero attached hydrogens (tertiary/aromatic N) is 3. The molecule has 0 bridgehead atoms. The van der Waals surface area contributed by atoms with Crippen molar-refractivity contribution in [1.29, 1.82) is 0 Å². The van der Waals surface area contributed by atoms with Crippen LogP contribution >= 0.6 is 0 Å². The van der Waals surface area contributed by atoms with Crippen molar-refractivity contribution >= 4 is 23.1 Å². The maximum absolute atomic E-state index is 13.3. The lowest BCUT2D eigenvalue weighted by Crippen LogP contribution is -2.29. The number of halogens is 1. The Bertz CT molecular complexity index is 873. The van der Waals surface area contributed by atoms with Gasteiger partial charge in [0.05, 0.1) is 6.10 Å². The minimum atomic E-state index is -0.310. The van der Waals surface area contributed by atoms with E-state index in [1.54, 1.807) is 16.6 Å². The highest BCUT2D eigenvalue weighted by atomic mass is 19.1. The van der Waals surface area contributed by atoms with Crippen molar-refractivity contribution in [1.82, 2.24) is 14.6 Å². The number of nitrogens with one attached hydrogen (secondary N) is 2. The summed E-state index contributed by atoms with van der Waals surface area (Å²) in [5.74, 6) is 0.966. The van der Waals surface area contributed by atoms with Gasteiger partial charge in [0.1, 0.15) is 11.6 Å². The van der Waals surface area contributed by atoms with Crippen molar-refractivity contribution in [2.45, 2.75) is 37.8 Å². The van der Waals surface area contributed by atoms with Gasteiger partial charge in [-0.25, -0.2) is 4.39 Å². The fourth-order valence-electron chi connectivity index (χ4n) is 3.19. The van der Waals surface area contributed by atoms with Crippen LogP contribution in [-0.2, 0) is 0 Å². The number of hydrogen-bond acceptors (Lipinski definition) is 5. The van der Waals surface area contributed by atoms with E-state index in [-0.39, 0.29) is 11.9 Å². The van der Waals surface area contributed by atoms with Gasteiger partial charge in [0.15, 0.2) is 5.65 Å². The number of anilines is 3. The number of aliphatic hydroxyl groups is 1. The van der Waals surface area contributed by atoms with Crippen LogP contribution in [0.15, 0.2) is 42.5 Å². The molecule has 1 aromatic carbocycles. The summed E-state index contributed by atoms with van der Waals surface area (Å²) < 4.78 is 15.1. The highest BCUT2D eigenvalue weighted by molar-refractivity contribution is 5.58. The third-order valence-electron chi connectivity index (χ3n) is 4.49. The maximum atomic E-state index is 13.3. The monoisotopic (exact) mass is 341 g/mol. The molecule has 1 fully saturated rings. The Labute approximate surface area is 144 Å². The minimum absolute atomic E-state index is 0.178. The number of hydrogen-bond donors (Lipinski definition) is 3. The molecular weight excluding hydrogens is 321 g/mol. The molecule has 0 saturated heterocycles. The third kappa shape index (κ3) is 3.56. The number of rotatable bonds is 4. The summed E-state index contributed by atoms with van der Waals surface area (Å²) in [6, 6.07) is 12.3. The van der Waals surface area contributed by atoms with E-state index in [4.69, 9.17) is 0 Å². The fourth-order valence-corrected chi connectivity index (χ4v) is 3.19. The normalized spacial score (nSPS) is 20.6. The van der Waals surface area contributed by atoms with E-state index in [1.165, 1.54) is 12.1 Å². The Morgan fingerprint density at radius 1 is 1.08 bits per heavy atom. The molecule has 25 heavy (non-hydrogen) atoms. The summed E-state index contributed by atoms with van der Waals surface area (Å²) in [4.78, 5) is 4.44. The zero-order valence-electron chi connectivity index (χ0n) is 13.7. The van der Waals surface area contributed by atoms with Crippen molar-refractivity contribution in [3.8, 4) is 0 Å². The van der Waals surface area contributed by atoms with Gasteiger partial charge < -0.3 is 15.7 Å². The van der Waals surface area contributed by atoms with Crippen LogP contribution in [0.2, 0.25) is 0 Å². The first kappa shape index (κ1) is 15.8. The quantitative estimate of drug-likeness (QED) is 0.679. The molecule has 4 rings (SSSR count). The van der Waals surface area contributed by atoms with E-state index in [9.17, 15) is 9.50 Å². The Morgan fingerprint density at radius 3 is 2.68 bits per heavy atom. The van der Waals surface area contributed by atoms with E-state index in [0.717, 1.165) is 31.5 Å². The Balaban J connectivity index is 1.56. The predicted molar refractivity (Wildman–Crippen MR) is 94.6 cm³/mol. The standard InChI is InChI=1S/C18H20FN5O/c19-12-3-1-4-14(11-12)21-18-22-17-6-2-5-16(24(17)23-18)20-13-7-9-15(25)10-8-13/h1-6,11,13,15,20,25H,7-10H2,(H,21,23). The molecule has 1 aliphatic carbocycles. The molecule has 1 aliphatic rings. The molecule has 0 unspecified atom stereocenters. The number of aliphatic hydroxyl groups excluding tert-OH is 1. The van der Waals surface area contributed by atoms with Crippen LogP contribution in [0.4, 0.5) is 21.8 Å². The smallest absolute Gasteiger partial charge is 0.247 e.